The number of nitrogens with zero attached hydrogens (tertiary/aromatic N) is 4. The Morgan fingerprint density at radius 3 is 2.26 bits per heavy atom. The highest BCUT2D eigenvalue weighted by Crippen LogP contribution is 2.27. The van der Waals surface area contributed by atoms with E-state index in [2.05, 4.69) is 20.5 Å². The minimum atomic E-state index is -0.514. The molecule has 0 spiro atoms. The van der Waals surface area contributed by atoms with Gasteiger partial charge >= 0.3 is 5.69 Å². The Morgan fingerprint density at radius 1 is 1.07 bits per heavy atom. The molecule has 3 rings (SSSR count). The van der Waals surface area contributed by atoms with Crippen molar-refractivity contribution >= 4 is 11.8 Å². The first-order chi connectivity index (χ1) is 13.0. The van der Waals surface area contributed by atoms with Gasteiger partial charge < -0.3 is 9.47 Å². The van der Waals surface area contributed by atoms with Crippen LogP contribution >= 0.6 is 0 Å². The highest BCUT2D eigenvalue weighted by atomic mass is 19.1. The third kappa shape index (κ3) is 4.83. The van der Waals surface area contributed by atoms with Crippen LogP contribution in [0.2, 0.25) is 0 Å². The van der Waals surface area contributed by atoms with Crippen molar-refractivity contribution in [3.8, 4) is 17.2 Å². The number of benzene rings is 2. The highest BCUT2D eigenvalue weighted by molar-refractivity contribution is 5.57. The molecule has 27 heavy (non-hydrogen) atoms. The van der Waals surface area contributed by atoms with Gasteiger partial charge in [0.05, 0.1) is 14.2 Å². The molecule has 0 aliphatic heterocycles. The summed E-state index contributed by atoms with van der Waals surface area (Å²) >= 11 is 0. The van der Waals surface area contributed by atoms with E-state index < -0.39 is 17.3 Å². The number of carbonyl (C=O) groups excluding carboxylic acids is 1. The Labute approximate surface area is 150 Å². The van der Waals surface area contributed by atoms with Crippen molar-refractivity contribution in [3.63, 3.8) is 0 Å². The molecule has 11 heteroatoms. The van der Waals surface area contributed by atoms with Gasteiger partial charge in [0, 0.05) is 12.1 Å². The number of tetrazole rings is 1. The van der Waals surface area contributed by atoms with Gasteiger partial charge in [-0.25, -0.2) is 23.5 Å². The third-order valence-corrected chi connectivity index (χ3v) is 3.15. The van der Waals surface area contributed by atoms with Crippen molar-refractivity contribution in [1.29, 1.82) is 0 Å². The van der Waals surface area contributed by atoms with Gasteiger partial charge in [0.25, 0.3) is 0 Å². The summed E-state index contributed by atoms with van der Waals surface area (Å²) in [6.45, 7) is 0. The predicted molar refractivity (Wildman–Crippen MR) is 89.2 cm³/mol. The molecule has 0 saturated heterocycles. The smallest absolute Gasteiger partial charge is 0.365 e. The molecule has 0 radical (unpaired) electrons. The summed E-state index contributed by atoms with van der Waals surface area (Å²) in [4.78, 5) is 24.4. The second kappa shape index (κ2) is 9.02. The normalized spacial score (nSPS) is 9.63. The molecule has 1 heterocycles. The number of methoxy groups -OCH3 is 2. The molecule has 1 aromatic heterocycles. The summed E-state index contributed by atoms with van der Waals surface area (Å²) in [5, 5.41) is 8.97. The summed E-state index contributed by atoms with van der Waals surface area (Å²) in [6, 6.07) is 7.45. The van der Waals surface area contributed by atoms with E-state index in [-0.39, 0.29) is 17.2 Å². The van der Waals surface area contributed by atoms with Crippen LogP contribution in [0.5, 0.6) is 11.5 Å². The molecule has 0 aliphatic rings. The number of halogens is 2. The van der Waals surface area contributed by atoms with E-state index in [1.165, 1.54) is 44.6 Å². The van der Waals surface area contributed by atoms with E-state index in [9.17, 15) is 18.4 Å². The summed E-state index contributed by atoms with van der Waals surface area (Å²) in [7, 11) is 2.75. The average Bonchev–Trinajstić information content (AvgIpc) is 3.09. The SMILES string of the molecule is COc1cc(F)ccc1-n1nn[nH]c1=O.COc1cc(F)ccc1N=C=O. The van der Waals surface area contributed by atoms with E-state index in [0.29, 0.717) is 5.69 Å². The van der Waals surface area contributed by atoms with Crippen molar-refractivity contribution in [1.82, 2.24) is 20.2 Å². The number of ether oxygens (including phenoxy) is 2. The highest BCUT2D eigenvalue weighted by Gasteiger charge is 2.10. The van der Waals surface area contributed by atoms with E-state index in [0.717, 1.165) is 16.8 Å². The van der Waals surface area contributed by atoms with Crippen LogP contribution in [0, 0.1) is 11.6 Å². The Bertz CT molecular complexity index is 1030. The predicted octanol–water partition coefficient (Wildman–Crippen LogP) is 1.90. The molecule has 2 aromatic carbocycles. The Balaban J connectivity index is 0.000000199. The monoisotopic (exact) mass is 377 g/mol. The maximum absolute atomic E-state index is 12.9. The summed E-state index contributed by atoms with van der Waals surface area (Å²) in [5.74, 6) is -0.451. The fraction of sp³-hybridized carbons (Fsp3) is 0.125. The van der Waals surface area contributed by atoms with Crippen LogP contribution in [0.1, 0.15) is 0 Å². The van der Waals surface area contributed by atoms with E-state index >= 15 is 0 Å². The van der Waals surface area contributed by atoms with Crippen LogP contribution < -0.4 is 15.2 Å². The Kier molecular flexibility index (Phi) is 6.50. The van der Waals surface area contributed by atoms with Crippen LogP contribution in [-0.2, 0) is 4.79 Å². The molecule has 3 aromatic rings. The Hall–Kier alpha value is -3.85. The van der Waals surface area contributed by atoms with Crippen molar-refractivity contribution < 1.29 is 23.0 Å². The van der Waals surface area contributed by atoms with Gasteiger partial charge in [-0.05, 0) is 34.7 Å². The number of aromatic nitrogens is 4. The minimum Gasteiger partial charge on any atom is -0.494 e. The zero-order valence-electron chi connectivity index (χ0n) is 14.1. The van der Waals surface area contributed by atoms with E-state index in [1.54, 1.807) is 0 Å². The molecular weight excluding hydrogens is 364 g/mol. The molecule has 0 atom stereocenters. The van der Waals surface area contributed by atoms with Crippen LogP contribution in [0.15, 0.2) is 46.2 Å². The Morgan fingerprint density at radius 2 is 1.70 bits per heavy atom. The summed E-state index contributed by atoms with van der Waals surface area (Å²) in [6.07, 6.45) is 1.35. The van der Waals surface area contributed by atoms with Gasteiger partial charge in [0.15, 0.2) is 0 Å². The summed E-state index contributed by atoms with van der Waals surface area (Å²) in [5.41, 5.74) is 0.0893. The second-order valence-corrected chi connectivity index (χ2v) is 4.75. The lowest BCUT2D eigenvalue weighted by atomic mass is 10.3. The fourth-order valence-corrected chi connectivity index (χ4v) is 1.97. The van der Waals surface area contributed by atoms with Gasteiger partial charge in [-0.15, -0.1) is 0 Å². The van der Waals surface area contributed by atoms with Crippen molar-refractivity contribution in [2.24, 2.45) is 4.99 Å². The number of rotatable bonds is 4. The first kappa shape index (κ1) is 19.5. The number of aromatic amines is 1. The minimum absolute atomic E-state index is 0.214. The number of isocyanates is 1. The molecule has 9 nitrogen and oxygen atoms in total. The number of H-pyrrole nitrogens is 1. The second-order valence-electron chi connectivity index (χ2n) is 4.75. The number of nitrogens with one attached hydrogen (secondary N) is 1. The van der Waals surface area contributed by atoms with Gasteiger partial charge in [-0.2, -0.15) is 9.67 Å². The lowest BCUT2D eigenvalue weighted by Crippen LogP contribution is -2.16. The van der Waals surface area contributed by atoms with Gasteiger partial charge in [-0.3, -0.25) is 0 Å². The van der Waals surface area contributed by atoms with Crippen LogP contribution in [0.4, 0.5) is 14.5 Å². The molecule has 0 saturated carbocycles. The van der Waals surface area contributed by atoms with Gasteiger partial charge in [0.1, 0.15) is 34.5 Å². The quantitative estimate of drug-likeness (QED) is 0.549. The van der Waals surface area contributed by atoms with Crippen LogP contribution in [0.3, 0.4) is 0 Å². The molecule has 1 N–H and O–H groups in total. The van der Waals surface area contributed by atoms with Crippen molar-refractivity contribution in [2.75, 3.05) is 14.2 Å². The topological polar surface area (TPSA) is 111 Å². The number of aliphatic imine (C=N–C) groups is 1. The first-order valence-electron chi connectivity index (χ1n) is 7.26. The zero-order chi connectivity index (χ0) is 19.8. The molecule has 0 fully saturated rings. The molecule has 140 valence electrons. The fourth-order valence-electron chi connectivity index (χ4n) is 1.97. The maximum atomic E-state index is 12.9. The maximum Gasteiger partial charge on any atom is 0.365 e. The molecule has 0 aliphatic carbocycles. The number of hydrogen-bond donors (Lipinski definition) is 1. The first-order valence-corrected chi connectivity index (χ1v) is 7.26. The van der Waals surface area contributed by atoms with Gasteiger partial charge in [0.2, 0.25) is 6.08 Å². The molecule has 0 unspecified atom stereocenters. The average molecular weight is 377 g/mol. The lowest BCUT2D eigenvalue weighted by Gasteiger charge is -2.05. The van der Waals surface area contributed by atoms with E-state index in [1.807, 2.05) is 0 Å². The standard InChI is InChI=1S/C8H7FN4O2.C8H6FNO2/c1-15-7-4-5(9)2-3-6(7)13-8(14)10-11-12-13;1-12-8-4-6(9)2-3-7(8)10-5-11/h2-4H,1H3,(H,10,12,14);2-4H,1H3. The molecule has 0 bridgehead atoms. The molecular formula is C16H13F2N5O4. The number of hydrogen-bond acceptors (Lipinski definition) is 7. The lowest BCUT2D eigenvalue weighted by molar-refractivity contribution is 0.407. The van der Waals surface area contributed by atoms with Crippen LogP contribution in [-0.4, -0.2) is 40.5 Å². The van der Waals surface area contributed by atoms with Crippen LogP contribution in [0.25, 0.3) is 5.69 Å². The largest absolute Gasteiger partial charge is 0.494 e. The van der Waals surface area contributed by atoms with Crippen molar-refractivity contribution in [2.45, 2.75) is 0 Å². The zero-order valence-corrected chi connectivity index (χ0v) is 14.1. The van der Waals surface area contributed by atoms with Crippen molar-refractivity contribution in [3.05, 3.63) is 58.5 Å². The molecule has 0 amide bonds. The van der Waals surface area contributed by atoms with E-state index in [4.69, 9.17) is 9.47 Å². The summed E-state index contributed by atoms with van der Waals surface area (Å²) < 4.78 is 36.1. The third-order valence-electron chi connectivity index (χ3n) is 3.15. The van der Waals surface area contributed by atoms with Gasteiger partial charge in [-0.1, -0.05) is 0 Å².